The summed E-state index contributed by atoms with van der Waals surface area (Å²) in [5.74, 6) is -0.512. The lowest BCUT2D eigenvalue weighted by molar-refractivity contribution is -0.137. The predicted octanol–water partition coefficient (Wildman–Crippen LogP) is 2.72. The van der Waals surface area contributed by atoms with Crippen molar-refractivity contribution in [3.8, 4) is 0 Å². The van der Waals surface area contributed by atoms with Crippen LogP contribution in [0.2, 0.25) is 0 Å². The summed E-state index contributed by atoms with van der Waals surface area (Å²) < 4.78 is 40.0. The summed E-state index contributed by atoms with van der Waals surface area (Å²) in [6, 6.07) is 15.7. The molecule has 0 spiro atoms. The molecule has 0 N–H and O–H groups in total. The summed E-state index contributed by atoms with van der Waals surface area (Å²) >= 11 is 0. The van der Waals surface area contributed by atoms with Gasteiger partial charge in [0.1, 0.15) is 5.82 Å². The monoisotopic (exact) mass is 445 g/mol. The molecule has 4 rings (SSSR count). The maximum Gasteiger partial charge on any atom is 0.225 e. The number of anilines is 1. The normalized spacial score (nSPS) is 18.9. The average molecular weight is 446 g/mol. The van der Waals surface area contributed by atoms with Crippen LogP contribution in [0.25, 0.3) is 0 Å². The Morgan fingerprint density at radius 3 is 2.10 bits per heavy atom. The minimum Gasteiger partial charge on any atom is -0.368 e. The van der Waals surface area contributed by atoms with Gasteiger partial charge in [0.05, 0.1) is 5.75 Å². The van der Waals surface area contributed by atoms with E-state index in [0.717, 1.165) is 13.1 Å². The van der Waals surface area contributed by atoms with Crippen molar-refractivity contribution in [3.05, 3.63) is 66.0 Å². The molecule has 2 aromatic carbocycles. The van der Waals surface area contributed by atoms with Crippen LogP contribution in [0.1, 0.15) is 18.4 Å². The minimum absolute atomic E-state index is 0.124. The standard InChI is InChI=1S/C23H28FN3O3S/c24-21-8-6-19(7-9-21)18-31(29,30)27-12-10-20(11-13-27)23(28)26-16-14-25(15-17-26)22-4-2-1-3-5-22/h1-9,20H,10-18H2. The van der Waals surface area contributed by atoms with Gasteiger partial charge in [0, 0.05) is 50.9 Å². The number of benzene rings is 2. The zero-order valence-electron chi connectivity index (χ0n) is 17.5. The second-order valence-electron chi connectivity index (χ2n) is 8.20. The molecule has 1 amide bonds. The number of nitrogens with zero attached hydrogens (tertiary/aromatic N) is 3. The first-order valence-electron chi connectivity index (χ1n) is 10.7. The van der Waals surface area contributed by atoms with Gasteiger partial charge in [0.2, 0.25) is 15.9 Å². The molecule has 166 valence electrons. The Bertz CT molecular complexity index is 982. The van der Waals surface area contributed by atoms with Crippen molar-refractivity contribution in [2.24, 2.45) is 5.92 Å². The van der Waals surface area contributed by atoms with Gasteiger partial charge in [-0.25, -0.2) is 17.1 Å². The Morgan fingerprint density at radius 1 is 0.871 bits per heavy atom. The second-order valence-corrected chi connectivity index (χ2v) is 10.2. The van der Waals surface area contributed by atoms with Crippen LogP contribution < -0.4 is 4.90 Å². The van der Waals surface area contributed by atoms with Crippen LogP contribution >= 0.6 is 0 Å². The molecule has 2 heterocycles. The van der Waals surface area contributed by atoms with Crippen LogP contribution in [0, 0.1) is 11.7 Å². The maximum atomic E-state index is 13.1. The van der Waals surface area contributed by atoms with Gasteiger partial charge in [0.15, 0.2) is 0 Å². The van der Waals surface area contributed by atoms with Gasteiger partial charge < -0.3 is 9.80 Å². The molecule has 0 bridgehead atoms. The fraction of sp³-hybridized carbons (Fsp3) is 0.435. The molecule has 2 aromatic rings. The molecule has 6 nitrogen and oxygen atoms in total. The summed E-state index contributed by atoms with van der Waals surface area (Å²) in [5.41, 5.74) is 1.74. The van der Waals surface area contributed by atoms with Crippen molar-refractivity contribution in [2.45, 2.75) is 18.6 Å². The van der Waals surface area contributed by atoms with E-state index >= 15 is 0 Å². The van der Waals surface area contributed by atoms with E-state index in [1.165, 1.54) is 34.3 Å². The van der Waals surface area contributed by atoms with Gasteiger partial charge in [-0.15, -0.1) is 0 Å². The van der Waals surface area contributed by atoms with Crippen molar-refractivity contribution in [2.75, 3.05) is 44.2 Å². The highest BCUT2D eigenvalue weighted by Crippen LogP contribution is 2.25. The molecule has 2 saturated heterocycles. The Hall–Kier alpha value is -2.45. The second kappa shape index (κ2) is 9.36. The molecule has 0 saturated carbocycles. The van der Waals surface area contributed by atoms with Gasteiger partial charge >= 0.3 is 0 Å². The highest BCUT2D eigenvalue weighted by molar-refractivity contribution is 7.88. The lowest BCUT2D eigenvalue weighted by Gasteiger charge is -2.39. The summed E-state index contributed by atoms with van der Waals surface area (Å²) in [7, 11) is -3.48. The van der Waals surface area contributed by atoms with Gasteiger partial charge in [0.25, 0.3) is 0 Å². The number of sulfonamides is 1. The number of carbonyl (C=O) groups excluding carboxylic acids is 1. The van der Waals surface area contributed by atoms with E-state index in [-0.39, 0.29) is 23.4 Å². The van der Waals surface area contributed by atoms with Gasteiger partial charge in [-0.2, -0.15) is 0 Å². The summed E-state index contributed by atoms with van der Waals surface area (Å²) in [4.78, 5) is 17.2. The molecule has 0 radical (unpaired) electrons. The van der Waals surface area contributed by atoms with E-state index in [0.29, 0.717) is 44.6 Å². The smallest absolute Gasteiger partial charge is 0.225 e. The first-order chi connectivity index (χ1) is 14.9. The number of piperazine rings is 1. The molecule has 0 aliphatic carbocycles. The zero-order chi connectivity index (χ0) is 21.8. The molecule has 0 atom stereocenters. The number of rotatable bonds is 5. The van der Waals surface area contributed by atoms with E-state index in [9.17, 15) is 17.6 Å². The van der Waals surface area contributed by atoms with Crippen molar-refractivity contribution in [1.82, 2.24) is 9.21 Å². The van der Waals surface area contributed by atoms with Gasteiger partial charge in [-0.3, -0.25) is 4.79 Å². The molecule has 2 aliphatic rings. The Morgan fingerprint density at radius 2 is 1.48 bits per heavy atom. The van der Waals surface area contributed by atoms with Crippen LogP contribution in [0.3, 0.4) is 0 Å². The summed E-state index contributed by atoms with van der Waals surface area (Å²) in [6.45, 7) is 3.70. The first kappa shape index (κ1) is 21.8. The molecule has 2 aliphatic heterocycles. The average Bonchev–Trinajstić information content (AvgIpc) is 2.81. The van der Waals surface area contributed by atoms with Crippen LogP contribution in [-0.4, -0.2) is 62.8 Å². The Labute approximate surface area is 183 Å². The van der Waals surface area contributed by atoms with Crippen molar-refractivity contribution < 1.29 is 17.6 Å². The molecular formula is C23H28FN3O3S. The first-order valence-corrected chi connectivity index (χ1v) is 12.3. The third kappa shape index (κ3) is 5.25. The minimum atomic E-state index is -3.48. The molecule has 31 heavy (non-hydrogen) atoms. The van der Waals surface area contributed by atoms with Crippen LogP contribution in [-0.2, 0) is 20.6 Å². The van der Waals surface area contributed by atoms with Crippen molar-refractivity contribution in [1.29, 1.82) is 0 Å². The van der Waals surface area contributed by atoms with Crippen molar-refractivity contribution >= 4 is 21.6 Å². The number of hydrogen-bond acceptors (Lipinski definition) is 4. The third-order valence-corrected chi connectivity index (χ3v) is 8.02. The number of piperidine rings is 1. The molecule has 8 heteroatoms. The number of hydrogen-bond donors (Lipinski definition) is 0. The largest absolute Gasteiger partial charge is 0.368 e. The summed E-state index contributed by atoms with van der Waals surface area (Å²) in [6.07, 6.45) is 1.08. The van der Waals surface area contributed by atoms with Crippen molar-refractivity contribution in [3.63, 3.8) is 0 Å². The Kier molecular flexibility index (Phi) is 6.57. The van der Waals surface area contributed by atoms with Gasteiger partial charge in [-0.1, -0.05) is 30.3 Å². The number of para-hydroxylation sites is 1. The topological polar surface area (TPSA) is 60.9 Å². The molecule has 0 unspecified atom stereocenters. The maximum absolute atomic E-state index is 13.1. The lowest BCUT2D eigenvalue weighted by atomic mass is 9.96. The Balaban J connectivity index is 1.27. The predicted molar refractivity (Wildman–Crippen MR) is 119 cm³/mol. The van der Waals surface area contributed by atoms with Crippen LogP contribution in [0.4, 0.5) is 10.1 Å². The highest BCUT2D eigenvalue weighted by atomic mass is 32.2. The molecular weight excluding hydrogens is 417 g/mol. The molecule has 2 fully saturated rings. The summed E-state index contributed by atoms with van der Waals surface area (Å²) in [5, 5.41) is 0. The fourth-order valence-electron chi connectivity index (χ4n) is 4.35. The number of carbonyl (C=O) groups is 1. The third-order valence-electron chi connectivity index (χ3n) is 6.17. The van der Waals surface area contributed by atoms with E-state index in [2.05, 4.69) is 17.0 Å². The highest BCUT2D eigenvalue weighted by Gasteiger charge is 2.34. The van der Waals surface area contributed by atoms with E-state index < -0.39 is 10.0 Å². The van der Waals surface area contributed by atoms with E-state index in [4.69, 9.17) is 0 Å². The van der Waals surface area contributed by atoms with E-state index in [1.54, 1.807) is 0 Å². The quantitative estimate of drug-likeness (QED) is 0.710. The lowest BCUT2D eigenvalue weighted by Crippen LogP contribution is -2.52. The number of amides is 1. The van der Waals surface area contributed by atoms with Crippen LogP contribution in [0.5, 0.6) is 0 Å². The number of halogens is 1. The zero-order valence-corrected chi connectivity index (χ0v) is 18.3. The molecule has 0 aromatic heterocycles. The van der Waals surface area contributed by atoms with Gasteiger partial charge in [-0.05, 0) is 42.7 Å². The SMILES string of the molecule is O=C(C1CCN(S(=O)(=O)Cc2ccc(F)cc2)CC1)N1CCN(c2ccccc2)CC1. The van der Waals surface area contributed by atoms with Crippen LogP contribution in [0.15, 0.2) is 54.6 Å². The van der Waals surface area contributed by atoms with E-state index in [1.807, 2.05) is 23.1 Å². The fourth-order valence-corrected chi connectivity index (χ4v) is 5.91.